The minimum atomic E-state index is -0.276. The number of anilines is 9. The molecule has 87 heavy (non-hydrogen) atoms. The summed E-state index contributed by atoms with van der Waals surface area (Å²) < 4.78 is 7.63. The first-order valence-electron chi connectivity index (χ1n) is 31.3. The van der Waals surface area contributed by atoms with Crippen LogP contribution in [0.4, 0.5) is 51.2 Å². The first-order valence-corrected chi connectivity index (χ1v) is 31.3. The van der Waals surface area contributed by atoms with Crippen LogP contribution >= 0.6 is 0 Å². The standard InChI is InChI=1S/C82H82BN3O/c1-78(2,3)57-27-36-62(37-28-57)84(63-38-29-58(30-39-63)79(4,5)6)66-44-46-70-71(52-66)85(64-40-31-59(32-41-64)80(7,8)9)72-49-56(53-22-18-16-19-23-53)50-73-75(72)83(70)77-76(86(73)65-42-33-60(34-43-65)81(10,11)12)69-48-55(26-47-74(69)87-77)67-45-35-61(82(13,14)15)51-68(67)54-24-20-17-21-25-54/h16-52H,1-15H3. The topological polar surface area (TPSA) is 22.9 Å². The fourth-order valence-corrected chi connectivity index (χ4v) is 13.1. The van der Waals surface area contributed by atoms with Crippen molar-refractivity contribution in [2.45, 2.75) is 131 Å². The lowest BCUT2D eigenvalue weighted by Gasteiger charge is -2.43. The van der Waals surface area contributed by atoms with Gasteiger partial charge in [0.1, 0.15) is 5.58 Å². The molecule has 2 aliphatic rings. The molecule has 10 aromatic carbocycles. The number of nitrogens with zero attached hydrogens (tertiary/aromatic N) is 3. The molecule has 2 aliphatic heterocycles. The van der Waals surface area contributed by atoms with E-state index in [1.165, 1.54) is 55.4 Å². The molecule has 0 amide bonds. The number of fused-ring (bicyclic) bond motifs is 6. The van der Waals surface area contributed by atoms with Gasteiger partial charge in [0.15, 0.2) is 0 Å². The largest absolute Gasteiger partial charge is 0.468 e. The summed E-state index contributed by atoms with van der Waals surface area (Å²) in [6, 6.07) is 85.0. The minimum Gasteiger partial charge on any atom is -0.468 e. The van der Waals surface area contributed by atoms with Crippen LogP contribution in [0.5, 0.6) is 0 Å². The van der Waals surface area contributed by atoms with Gasteiger partial charge in [-0.2, -0.15) is 0 Å². The molecule has 13 rings (SSSR count). The lowest BCUT2D eigenvalue weighted by Crippen LogP contribution is -2.61. The molecule has 0 aliphatic carbocycles. The Morgan fingerprint density at radius 2 is 0.782 bits per heavy atom. The molecule has 0 saturated carbocycles. The smallest absolute Gasteiger partial charge is 0.297 e. The lowest BCUT2D eigenvalue weighted by molar-refractivity contribution is 0.590. The molecule has 0 spiro atoms. The molecule has 3 heterocycles. The van der Waals surface area contributed by atoms with Crippen LogP contribution < -0.4 is 31.3 Å². The summed E-state index contributed by atoms with van der Waals surface area (Å²) in [7, 11) is 0. The van der Waals surface area contributed by atoms with Crippen LogP contribution in [-0.4, -0.2) is 6.71 Å². The van der Waals surface area contributed by atoms with E-state index in [-0.39, 0.29) is 33.8 Å². The molecular weight excluding hydrogens is 1050 g/mol. The average molecular weight is 1140 g/mol. The van der Waals surface area contributed by atoms with Crippen molar-refractivity contribution in [1.29, 1.82) is 0 Å². The highest BCUT2D eigenvalue weighted by Crippen LogP contribution is 2.51. The average Bonchev–Trinajstić information content (AvgIpc) is 1.69. The summed E-state index contributed by atoms with van der Waals surface area (Å²) in [6.07, 6.45) is 0. The fraction of sp³-hybridized carbons (Fsp3) is 0.244. The quantitative estimate of drug-likeness (QED) is 0.141. The molecular formula is C82H82BN3O. The van der Waals surface area contributed by atoms with Crippen molar-refractivity contribution < 1.29 is 4.42 Å². The third kappa shape index (κ3) is 10.5. The van der Waals surface area contributed by atoms with Crippen LogP contribution in [0, 0.1) is 0 Å². The Hall–Kier alpha value is -8.80. The molecule has 0 N–H and O–H groups in total. The van der Waals surface area contributed by atoms with Crippen molar-refractivity contribution in [3.8, 4) is 33.4 Å². The van der Waals surface area contributed by atoms with E-state index >= 15 is 0 Å². The zero-order valence-corrected chi connectivity index (χ0v) is 53.7. The maximum absolute atomic E-state index is 7.63. The number of hydrogen-bond donors (Lipinski definition) is 0. The molecule has 0 atom stereocenters. The SMILES string of the molecule is CC(C)(C)c1ccc(N(c2ccc(C(C)(C)C)cc2)c2ccc3c(c2)N(c2ccc(C(C)(C)C)cc2)c2cc(-c4ccccc4)cc4c2B3c2oc3ccc(-c5ccc(C(C)(C)C)cc5-c5ccccc5)cc3c2N4c2ccc(C(C)(C)C)cc2)cc1. The predicted octanol–water partition coefficient (Wildman–Crippen LogP) is 21.5. The number of benzene rings is 10. The Morgan fingerprint density at radius 1 is 0.333 bits per heavy atom. The second-order valence-corrected chi connectivity index (χ2v) is 29.6. The van der Waals surface area contributed by atoms with Gasteiger partial charge in [-0.15, -0.1) is 0 Å². The predicted molar refractivity (Wildman–Crippen MR) is 375 cm³/mol. The zero-order valence-electron chi connectivity index (χ0n) is 53.7. The summed E-state index contributed by atoms with van der Waals surface area (Å²) in [4.78, 5) is 7.52. The Labute approximate surface area is 518 Å². The number of furan rings is 1. The summed E-state index contributed by atoms with van der Waals surface area (Å²) >= 11 is 0. The van der Waals surface area contributed by atoms with Crippen molar-refractivity contribution in [3.05, 3.63) is 252 Å². The van der Waals surface area contributed by atoms with Crippen molar-refractivity contribution in [2.75, 3.05) is 14.7 Å². The lowest BCUT2D eigenvalue weighted by atomic mass is 9.35. The Kier molecular flexibility index (Phi) is 13.8. The summed E-state index contributed by atoms with van der Waals surface area (Å²) in [5.74, 6) is 0. The first kappa shape index (κ1) is 57.3. The van der Waals surface area contributed by atoms with Gasteiger partial charge in [-0.1, -0.05) is 243 Å². The highest BCUT2D eigenvalue weighted by atomic mass is 16.3. The van der Waals surface area contributed by atoms with Gasteiger partial charge in [-0.25, -0.2) is 0 Å². The van der Waals surface area contributed by atoms with Gasteiger partial charge >= 0.3 is 0 Å². The molecule has 0 radical (unpaired) electrons. The van der Waals surface area contributed by atoms with Crippen LogP contribution in [0.1, 0.15) is 132 Å². The van der Waals surface area contributed by atoms with Gasteiger partial charge in [0.2, 0.25) is 0 Å². The molecule has 0 fully saturated rings. The van der Waals surface area contributed by atoms with Crippen molar-refractivity contribution in [3.63, 3.8) is 0 Å². The summed E-state index contributed by atoms with van der Waals surface area (Å²) in [5, 5.41) is 1.07. The van der Waals surface area contributed by atoms with Gasteiger partial charge in [-0.05, 0) is 184 Å². The Morgan fingerprint density at radius 3 is 1.29 bits per heavy atom. The third-order valence-corrected chi connectivity index (χ3v) is 18.3. The maximum atomic E-state index is 7.63. The minimum absolute atomic E-state index is 0.00273. The summed E-state index contributed by atoms with van der Waals surface area (Å²) in [5.41, 5.74) is 27.4. The van der Waals surface area contributed by atoms with Crippen LogP contribution in [0.15, 0.2) is 229 Å². The number of rotatable bonds is 8. The van der Waals surface area contributed by atoms with E-state index < -0.39 is 0 Å². The van der Waals surface area contributed by atoms with Crippen LogP contribution in [0.25, 0.3) is 44.3 Å². The second-order valence-electron chi connectivity index (χ2n) is 29.6. The van der Waals surface area contributed by atoms with Crippen LogP contribution in [0.3, 0.4) is 0 Å². The monoisotopic (exact) mass is 1140 g/mol. The van der Waals surface area contributed by atoms with E-state index in [0.717, 1.165) is 84.5 Å². The van der Waals surface area contributed by atoms with E-state index in [9.17, 15) is 0 Å². The van der Waals surface area contributed by atoms with E-state index in [4.69, 9.17) is 4.42 Å². The molecule has 11 aromatic rings. The van der Waals surface area contributed by atoms with Gasteiger partial charge in [0.05, 0.1) is 11.3 Å². The molecule has 0 unspecified atom stereocenters. The maximum Gasteiger partial charge on any atom is 0.297 e. The fourth-order valence-electron chi connectivity index (χ4n) is 13.1. The van der Waals surface area contributed by atoms with Crippen LogP contribution in [-0.2, 0) is 27.1 Å². The highest BCUT2D eigenvalue weighted by molar-refractivity contribution is 7.00. The zero-order chi connectivity index (χ0) is 61.1. The summed E-state index contributed by atoms with van der Waals surface area (Å²) in [6.45, 7) is 34.1. The molecule has 4 nitrogen and oxygen atoms in total. The first-order chi connectivity index (χ1) is 41.3. The van der Waals surface area contributed by atoms with Gasteiger partial charge < -0.3 is 19.1 Å². The van der Waals surface area contributed by atoms with Crippen molar-refractivity contribution in [1.82, 2.24) is 0 Å². The molecule has 5 heteroatoms. The van der Waals surface area contributed by atoms with Crippen molar-refractivity contribution in [2.24, 2.45) is 0 Å². The molecule has 0 bridgehead atoms. The van der Waals surface area contributed by atoms with E-state index in [1.54, 1.807) is 0 Å². The van der Waals surface area contributed by atoms with E-state index in [2.05, 4.69) is 343 Å². The van der Waals surface area contributed by atoms with Gasteiger partial charge in [0.25, 0.3) is 6.71 Å². The second kappa shape index (κ2) is 21.0. The Bertz CT molecular complexity index is 4310. The van der Waals surface area contributed by atoms with Gasteiger partial charge in [-0.3, -0.25) is 0 Å². The third-order valence-electron chi connectivity index (χ3n) is 18.3. The molecule has 1 aromatic heterocycles. The van der Waals surface area contributed by atoms with E-state index in [0.29, 0.717) is 0 Å². The van der Waals surface area contributed by atoms with E-state index in [1.807, 2.05) is 0 Å². The number of hydrogen-bond acceptors (Lipinski definition) is 4. The van der Waals surface area contributed by atoms with Gasteiger partial charge in [0, 0.05) is 50.9 Å². The highest BCUT2D eigenvalue weighted by Gasteiger charge is 2.47. The molecule has 0 saturated heterocycles. The molecule has 434 valence electrons. The van der Waals surface area contributed by atoms with Crippen LogP contribution in [0.2, 0.25) is 0 Å². The Balaban J connectivity index is 1.11. The normalized spacial score (nSPS) is 13.4. The van der Waals surface area contributed by atoms with Crippen molar-refractivity contribution >= 4 is 85.5 Å².